The van der Waals surface area contributed by atoms with Crippen LogP contribution in [0.1, 0.15) is 128 Å². The zero-order chi connectivity index (χ0) is 55.9. The van der Waals surface area contributed by atoms with Crippen molar-refractivity contribution < 1.29 is 0 Å². The van der Waals surface area contributed by atoms with E-state index in [0.717, 1.165) is 0 Å². The van der Waals surface area contributed by atoms with Gasteiger partial charge in [0.2, 0.25) is 0 Å². The number of rotatable bonds is 5. The van der Waals surface area contributed by atoms with Crippen molar-refractivity contribution in [3.8, 4) is 89.0 Å². The summed E-state index contributed by atoms with van der Waals surface area (Å²) in [6, 6.07) is 80.1. The van der Waals surface area contributed by atoms with E-state index in [-0.39, 0.29) is 27.1 Å². The van der Waals surface area contributed by atoms with Gasteiger partial charge in [0.25, 0.3) is 0 Å². The Labute approximate surface area is 479 Å². The van der Waals surface area contributed by atoms with Crippen molar-refractivity contribution in [2.24, 2.45) is 0 Å². The van der Waals surface area contributed by atoms with Gasteiger partial charge < -0.3 is 0 Å². The smallest absolute Gasteiger partial charge is 0.0159 e. The Kier molecular flexibility index (Phi) is 10.4. The summed E-state index contributed by atoms with van der Waals surface area (Å²) in [5.74, 6) is 0. The van der Waals surface area contributed by atoms with Crippen LogP contribution in [0, 0.1) is 0 Å². The van der Waals surface area contributed by atoms with Crippen LogP contribution in [0.3, 0.4) is 0 Å². The van der Waals surface area contributed by atoms with Crippen LogP contribution in [0.4, 0.5) is 0 Å². The first-order valence-corrected chi connectivity index (χ1v) is 29.5. The van der Waals surface area contributed by atoms with Gasteiger partial charge in [-0.3, -0.25) is 0 Å². The maximum Gasteiger partial charge on any atom is 0.0159 e. The molecule has 0 N–H and O–H groups in total. The first-order valence-electron chi connectivity index (χ1n) is 29.5. The van der Waals surface area contributed by atoms with Gasteiger partial charge in [-0.1, -0.05) is 253 Å². The molecule has 394 valence electrons. The molecule has 0 heteroatoms. The van der Waals surface area contributed by atoms with Crippen LogP contribution < -0.4 is 0 Å². The van der Waals surface area contributed by atoms with Gasteiger partial charge >= 0.3 is 0 Å². The number of hydrogen-bond donors (Lipinski definition) is 0. The first-order chi connectivity index (χ1) is 38.6. The summed E-state index contributed by atoms with van der Waals surface area (Å²) in [6.07, 6.45) is 0. The molecule has 3 aliphatic rings. The molecule has 12 aromatic carbocycles. The molecule has 0 unspecified atom stereocenters. The summed E-state index contributed by atoms with van der Waals surface area (Å²) in [5, 5.41) is 8.06. The summed E-state index contributed by atoms with van der Waals surface area (Å²) in [5.41, 5.74) is 31.7. The highest BCUT2D eigenvalue weighted by Gasteiger charge is 2.39. The molecule has 3 aliphatic carbocycles. The van der Waals surface area contributed by atoms with E-state index < -0.39 is 0 Å². The van der Waals surface area contributed by atoms with Gasteiger partial charge in [0.1, 0.15) is 0 Å². The molecule has 0 saturated carbocycles. The maximum absolute atomic E-state index is 2.48. The fourth-order valence-corrected chi connectivity index (χ4v) is 15.0. The molecule has 0 amide bonds. The van der Waals surface area contributed by atoms with Gasteiger partial charge in [0.05, 0.1) is 0 Å². The molecule has 0 aliphatic heterocycles. The van der Waals surface area contributed by atoms with Crippen molar-refractivity contribution in [2.45, 2.75) is 110 Å². The van der Waals surface area contributed by atoms with E-state index in [1.54, 1.807) is 0 Å². The third-order valence-electron chi connectivity index (χ3n) is 19.7. The Morgan fingerprint density at radius 1 is 0.259 bits per heavy atom. The monoisotopic (exact) mass is 1040 g/mol. The average Bonchev–Trinajstić information content (AvgIpc) is 3.81. The summed E-state index contributed by atoms with van der Waals surface area (Å²) >= 11 is 0. The Balaban J connectivity index is 0.693. The Hall–Kier alpha value is -8.32. The number of fused-ring (bicyclic) bond motifs is 9. The van der Waals surface area contributed by atoms with E-state index in [1.807, 2.05) is 0 Å². The summed E-state index contributed by atoms with van der Waals surface area (Å²) in [6.45, 7) is 28.4. The topological polar surface area (TPSA) is 0 Å². The van der Waals surface area contributed by atoms with Gasteiger partial charge in [-0.05, 0) is 213 Å². The second-order valence-corrected chi connectivity index (χ2v) is 27.8. The highest BCUT2D eigenvalue weighted by molar-refractivity contribution is 6.26. The van der Waals surface area contributed by atoms with Gasteiger partial charge in [-0.25, -0.2) is 0 Å². The minimum Gasteiger partial charge on any atom is -0.0619 e. The van der Waals surface area contributed by atoms with Crippen LogP contribution in [0.5, 0.6) is 0 Å². The molecular weight excluding hydrogens is 973 g/mol. The van der Waals surface area contributed by atoms with Crippen LogP contribution in [-0.4, -0.2) is 0 Å². The lowest BCUT2D eigenvalue weighted by molar-refractivity contribution is 0.591. The molecule has 15 rings (SSSR count). The standard InChI is InChI=1S/C81H70/c1-77(2,3)59-39-56-25-26-58-46-73(78(4,5)6)75(66-38-32-57(40-59)74(56)76(58)66)50-23-21-48(22-24-50)47-17-19-49(20-18-47)51-27-33-62-63-35-30-54(44-70(63)80(9,10)69(62)41-51)55-31-37-65-64-36-29-53(43-71(64)81(11,12)72(65)45-55)52-28-34-61-60-15-13-14-16-67(60)79(7,8)68(61)42-52/h13-46H,1-12H3. The van der Waals surface area contributed by atoms with E-state index in [1.165, 1.54) is 166 Å². The summed E-state index contributed by atoms with van der Waals surface area (Å²) in [7, 11) is 0. The van der Waals surface area contributed by atoms with Gasteiger partial charge in [0.15, 0.2) is 0 Å². The minimum atomic E-state index is -0.159. The highest BCUT2D eigenvalue weighted by atomic mass is 14.4. The van der Waals surface area contributed by atoms with Crippen LogP contribution in [-0.2, 0) is 27.1 Å². The van der Waals surface area contributed by atoms with Crippen LogP contribution >= 0.6 is 0 Å². The lowest BCUT2D eigenvalue weighted by Gasteiger charge is -2.27. The molecule has 0 radical (unpaired) electrons. The van der Waals surface area contributed by atoms with Crippen molar-refractivity contribution in [3.05, 3.63) is 251 Å². The second kappa shape index (κ2) is 16.9. The SMILES string of the molecule is CC(C)(C)c1cc2ccc3cc(C(C)(C)C)c(-c4ccc(-c5ccc(-c6ccc7c(c6)C(C)(C)c6cc(-c8ccc9c(c8)C(C)(C)c8cc(-c%10ccc%11c(c%10)C(C)(C)c%10ccccc%10-%11)ccc8-9)ccc6-7)cc5)cc4)c4ccc(c1)c2c34. The maximum atomic E-state index is 2.48. The lowest BCUT2D eigenvalue weighted by atomic mass is 9.77. The quantitative estimate of drug-likeness (QED) is 0.151. The van der Waals surface area contributed by atoms with E-state index in [0.29, 0.717) is 0 Å². The van der Waals surface area contributed by atoms with E-state index in [2.05, 4.69) is 289 Å². The fourth-order valence-electron chi connectivity index (χ4n) is 15.0. The Morgan fingerprint density at radius 2 is 0.580 bits per heavy atom. The molecular formula is C81H70. The molecule has 0 atom stereocenters. The molecule has 0 bridgehead atoms. The Bertz CT molecular complexity index is 4610. The summed E-state index contributed by atoms with van der Waals surface area (Å²) < 4.78 is 0. The zero-order valence-corrected chi connectivity index (χ0v) is 49.1. The van der Waals surface area contributed by atoms with Crippen molar-refractivity contribution in [1.82, 2.24) is 0 Å². The first kappa shape index (κ1) is 49.7. The van der Waals surface area contributed by atoms with E-state index in [4.69, 9.17) is 0 Å². The van der Waals surface area contributed by atoms with Crippen LogP contribution in [0.25, 0.3) is 121 Å². The van der Waals surface area contributed by atoms with E-state index >= 15 is 0 Å². The van der Waals surface area contributed by atoms with Crippen molar-refractivity contribution in [1.29, 1.82) is 0 Å². The lowest BCUT2D eigenvalue weighted by Crippen LogP contribution is -2.16. The molecule has 0 heterocycles. The predicted octanol–water partition coefficient (Wildman–Crippen LogP) is 22.4. The zero-order valence-electron chi connectivity index (χ0n) is 49.1. The van der Waals surface area contributed by atoms with Crippen molar-refractivity contribution in [2.75, 3.05) is 0 Å². The number of hydrogen-bond acceptors (Lipinski definition) is 0. The molecule has 0 fully saturated rings. The van der Waals surface area contributed by atoms with Gasteiger partial charge in [0, 0.05) is 16.2 Å². The number of benzene rings is 12. The normalized spacial score (nSPS) is 15.2. The molecule has 12 aromatic rings. The largest absolute Gasteiger partial charge is 0.0619 e. The average molecular weight is 1040 g/mol. The third-order valence-corrected chi connectivity index (χ3v) is 19.7. The van der Waals surface area contributed by atoms with Gasteiger partial charge in [-0.15, -0.1) is 0 Å². The van der Waals surface area contributed by atoms with Crippen LogP contribution in [0.2, 0.25) is 0 Å². The van der Waals surface area contributed by atoms with Gasteiger partial charge in [-0.2, -0.15) is 0 Å². The molecule has 0 spiro atoms. The molecule has 0 aromatic heterocycles. The summed E-state index contributed by atoms with van der Waals surface area (Å²) in [4.78, 5) is 0. The highest BCUT2D eigenvalue weighted by Crippen LogP contribution is 2.55. The van der Waals surface area contributed by atoms with Crippen LogP contribution in [0.15, 0.2) is 206 Å². The van der Waals surface area contributed by atoms with Crippen molar-refractivity contribution in [3.63, 3.8) is 0 Å². The second-order valence-electron chi connectivity index (χ2n) is 27.8. The predicted molar refractivity (Wildman–Crippen MR) is 347 cm³/mol. The molecule has 0 saturated heterocycles. The minimum absolute atomic E-state index is 0.0287. The third kappa shape index (κ3) is 7.34. The van der Waals surface area contributed by atoms with Crippen molar-refractivity contribution >= 4 is 32.3 Å². The Morgan fingerprint density at radius 3 is 0.988 bits per heavy atom. The fraction of sp³-hybridized carbons (Fsp3) is 0.210. The molecule has 0 nitrogen and oxygen atoms in total. The molecule has 81 heavy (non-hydrogen) atoms. The van der Waals surface area contributed by atoms with E-state index in [9.17, 15) is 0 Å².